The molecular weight excluding hydrogens is 350 g/mol. The first-order chi connectivity index (χ1) is 8.63. The van der Waals surface area contributed by atoms with E-state index in [-0.39, 0.29) is 0 Å². The van der Waals surface area contributed by atoms with Crippen LogP contribution in [0.4, 0.5) is 0 Å². The van der Waals surface area contributed by atoms with Gasteiger partial charge in [-0.1, -0.05) is 18.5 Å². The molecule has 1 unspecified atom stereocenters. The van der Waals surface area contributed by atoms with Gasteiger partial charge in [0.05, 0.1) is 5.02 Å². The number of rotatable bonds is 5. The lowest BCUT2D eigenvalue weighted by atomic mass is 10.1. The van der Waals surface area contributed by atoms with Crippen molar-refractivity contribution in [3.05, 3.63) is 41.6 Å². The minimum atomic E-state index is 0.302. The Labute approximate surface area is 129 Å². The van der Waals surface area contributed by atoms with Gasteiger partial charge in [0.1, 0.15) is 0 Å². The molecule has 0 saturated heterocycles. The van der Waals surface area contributed by atoms with Crippen LogP contribution in [0.1, 0.15) is 28.3 Å². The van der Waals surface area contributed by atoms with Gasteiger partial charge < -0.3 is 5.32 Å². The molecule has 98 valence electrons. The van der Waals surface area contributed by atoms with Crippen LogP contribution in [0.25, 0.3) is 0 Å². The quantitative estimate of drug-likeness (QED) is 0.746. The third kappa shape index (κ3) is 3.17. The second-order valence-electron chi connectivity index (χ2n) is 4.10. The fourth-order valence-electron chi connectivity index (χ4n) is 1.84. The highest BCUT2D eigenvalue weighted by molar-refractivity contribution is 9.10. The summed E-state index contributed by atoms with van der Waals surface area (Å²) in [5.41, 5.74) is 1.17. The molecule has 0 aliphatic heterocycles. The van der Waals surface area contributed by atoms with Crippen molar-refractivity contribution in [2.24, 2.45) is 0 Å². The highest BCUT2D eigenvalue weighted by Gasteiger charge is 2.19. The molecule has 18 heavy (non-hydrogen) atoms. The van der Waals surface area contributed by atoms with E-state index in [2.05, 4.69) is 51.9 Å². The van der Waals surface area contributed by atoms with Crippen LogP contribution in [0.3, 0.4) is 0 Å². The molecule has 0 saturated carbocycles. The van der Waals surface area contributed by atoms with Gasteiger partial charge in [-0.15, -0.1) is 22.7 Å². The van der Waals surface area contributed by atoms with Crippen molar-refractivity contribution in [3.8, 4) is 0 Å². The molecule has 5 heteroatoms. The van der Waals surface area contributed by atoms with E-state index >= 15 is 0 Å². The second-order valence-corrected chi connectivity index (χ2v) is 7.25. The van der Waals surface area contributed by atoms with Gasteiger partial charge in [0, 0.05) is 26.7 Å². The lowest BCUT2D eigenvalue weighted by molar-refractivity contribution is 0.561. The third-order valence-electron chi connectivity index (χ3n) is 2.77. The van der Waals surface area contributed by atoms with Crippen molar-refractivity contribution >= 4 is 50.2 Å². The first kappa shape index (κ1) is 14.5. The van der Waals surface area contributed by atoms with Crippen LogP contribution in [-0.2, 0) is 6.42 Å². The Hall–Kier alpha value is 0.130. The Kier molecular flexibility index (Phi) is 5.27. The number of likely N-dealkylation sites (N-methyl/N-ethyl adjacent to an activating group) is 1. The standard InChI is InChI=1S/C13H15BrClNS2/c1-3-16-10(6-11-9(14)4-5-17-11)13-12(15)8(2)7-18-13/h4-5,7,10,16H,3,6H2,1-2H3. The van der Waals surface area contributed by atoms with Gasteiger partial charge in [-0.3, -0.25) is 0 Å². The topological polar surface area (TPSA) is 12.0 Å². The van der Waals surface area contributed by atoms with E-state index in [0.29, 0.717) is 6.04 Å². The summed E-state index contributed by atoms with van der Waals surface area (Å²) >= 11 is 13.5. The summed E-state index contributed by atoms with van der Waals surface area (Å²) in [6.07, 6.45) is 0.978. The maximum atomic E-state index is 6.38. The minimum absolute atomic E-state index is 0.302. The lowest BCUT2D eigenvalue weighted by Gasteiger charge is -2.16. The summed E-state index contributed by atoms with van der Waals surface area (Å²) in [6.45, 7) is 5.14. The molecule has 0 bridgehead atoms. The predicted molar refractivity (Wildman–Crippen MR) is 86.2 cm³/mol. The zero-order valence-electron chi connectivity index (χ0n) is 10.3. The van der Waals surface area contributed by atoms with Crippen LogP contribution in [0.5, 0.6) is 0 Å². The number of nitrogens with one attached hydrogen (secondary N) is 1. The van der Waals surface area contributed by atoms with Crippen LogP contribution >= 0.6 is 50.2 Å². The molecule has 1 nitrogen and oxygen atoms in total. The highest BCUT2D eigenvalue weighted by Crippen LogP contribution is 2.36. The first-order valence-corrected chi connectivity index (χ1v) is 8.75. The van der Waals surface area contributed by atoms with Gasteiger partial charge >= 0.3 is 0 Å². The maximum Gasteiger partial charge on any atom is 0.0590 e. The van der Waals surface area contributed by atoms with Crippen molar-refractivity contribution < 1.29 is 0 Å². The zero-order chi connectivity index (χ0) is 13.1. The van der Waals surface area contributed by atoms with E-state index in [1.165, 1.54) is 19.8 Å². The Balaban J connectivity index is 2.23. The smallest absolute Gasteiger partial charge is 0.0590 e. The molecule has 1 N–H and O–H groups in total. The molecule has 0 aliphatic carbocycles. The van der Waals surface area contributed by atoms with Crippen LogP contribution in [-0.4, -0.2) is 6.54 Å². The molecule has 1 atom stereocenters. The molecule has 2 aromatic heterocycles. The van der Waals surface area contributed by atoms with Crippen molar-refractivity contribution in [1.82, 2.24) is 5.32 Å². The maximum absolute atomic E-state index is 6.38. The van der Waals surface area contributed by atoms with E-state index in [0.717, 1.165) is 18.0 Å². The number of hydrogen-bond acceptors (Lipinski definition) is 3. The largest absolute Gasteiger partial charge is 0.309 e. The third-order valence-corrected chi connectivity index (χ3v) is 6.55. The van der Waals surface area contributed by atoms with E-state index in [4.69, 9.17) is 11.6 Å². The molecular formula is C13H15BrClNS2. The lowest BCUT2D eigenvalue weighted by Crippen LogP contribution is -2.22. The van der Waals surface area contributed by atoms with Crippen LogP contribution < -0.4 is 5.32 Å². The monoisotopic (exact) mass is 363 g/mol. The van der Waals surface area contributed by atoms with Crippen LogP contribution in [0.15, 0.2) is 21.3 Å². The normalized spacial score (nSPS) is 12.9. The summed E-state index contributed by atoms with van der Waals surface area (Å²) in [5, 5.41) is 8.69. The van der Waals surface area contributed by atoms with Crippen LogP contribution in [0, 0.1) is 6.92 Å². The highest BCUT2D eigenvalue weighted by atomic mass is 79.9. The molecule has 2 aromatic rings. The van der Waals surface area contributed by atoms with E-state index in [1.807, 2.05) is 0 Å². The van der Waals surface area contributed by atoms with E-state index in [1.54, 1.807) is 22.7 Å². The second kappa shape index (κ2) is 6.53. The fraction of sp³-hybridized carbons (Fsp3) is 0.385. The van der Waals surface area contributed by atoms with Gasteiger partial charge in [0.2, 0.25) is 0 Å². The zero-order valence-corrected chi connectivity index (χ0v) is 14.3. The van der Waals surface area contributed by atoms with E-state index < -0.39 is 0 Å². The van der Waals surface area contributed by atoms with Gasteiger partial charge in [-0.05, 0) is 51.8 Å². The molecule has 0 fully saturated rings. The number of thiophene rings is 2. The Morgan fingerprint density at radius 3 is 2.72 bits per heavy atom. The number of halogens is 2. The predicted octanol–water partition coefficient (Wildman–Crippen LogP) is 5.43. The molecule has 0 aliphatic rings. The van der Waals surface area contributed by atoms with Crippen molar-refractivity contribution in [1.29, 1.82) is 0 Å². The summed E-state index contributed by atoms with van der Waals surface area (Å²) in [4.78, 5) is 2.61. The molecule has 0 radical (unpaired) electrons. The van der Waals surface area contributed by atoms with Gasteiger partial charge in [0.15, 0.2) is 0 Å². The molecule has 0 aromatic carbocycles. The van der Waals surface area contributed by atoms with Crippen molar-refractivity contribution in [2.75, 3.05) is 6.54 Å². The average Bonchev–Trinajstić information content (AvgIpc) is 2.88. The van der Waals surface area contributed by atoms with Crippen LogP contribution in [0.2, 0.25) is 5.02 Å². The molecule has 0 spiro atoms. The van der Waals surface area contributed by atoms with Crippen molar-refractivity contribution in [3.63, 3.8) is 0 Å². The Bertz CT molecular complexity index is 521. The fourth-order valence-corrected chi connectivity index (χ4v) is 4.81. The first-order valence-electron chi connectivity index (χ1n) is 5.82. The summed E-state index contributed by atoms with van der Waals surface area (Å²) < 4.78 is 1.19. The Morgan fingerprint density at radius 1 is 1.44 bits per heavy atom. The number of hydrogen-bond donors (Lipinski definition) is 1. The SMILES string of the molecule is CCNC(Cc1sccc1Br)c1scc(C)c1Cl. The molecule has 0 amide bonds. The number of aryl methyl sites for hydroxylation is 1. The summed E-state index contributed by atoms with van der Waals surface area (Å²) in [5.74, 6) is 0. The van der Waals surface area contributed by atoms with Gasteiger partial charge in [-0.25, -0.2) is 0 Å². The Morgan fingerprint density at radius 2 is 2.22 bits per heavy atom. The average molecular weight is 365 g/mol. The van der Waals surface area contributed by atoms with Crippen molar-refractivity contribution in [2.45, 2.75) is 26.3 Å². The molecule has 2 rings (SSSR count). The van der Waals surface area contributed by atoms with Gasteiger partial charge in [0.25, 0.3) is 0 Å². The minimum Gasteiger partial charge on any atom is -0.309 e. The molecule has 2 heterocycles. The summed E-state index contributed by atoms with van der Waals surface area (Å²) in [7, 11) is 0. The van der Waals surface area contributed by atoms with Gasteiger partial charge in [-0.2, -0.15) is 0 Å². The summed E-state index contributed by atoms with van der Waals surface area (Å²) in [6, 6.07) is 2.40. The van der Waals surface area contributed by atoms with E-state index in [9.17, 15) is 0 Å².